The molecular weight excluding hydrogens is 368 g/mol. The van der Waals surface area contributed by atoms with E-state index in [1.54, 1.807) is 6.92 Å². The lowest BCUT2D eigenvalue weighted by atomic mass is 9.91. The molecule has 1 heterocycles. The van der Waals surface area contributed by atoms with E-state index in [4.69, 9.17) is 0 Å². The van der Waals surface area contributed by atoms with Gasteiger partial charge in [-0.1, -0.05) is 62.2 Å². The lowest BCUT2D eigenvalue weighted by molar-refractivity contribution is 0.370. The Bertz CT molecular complexity index is 1090. The summed E-state index contributed by atoms with van der Waals surface area (Å²) in [5.41, 5.74) is 4.92. The van der Waals surface area contributed by atoms with Crippen molar-refractivity contribution in [3.8, 4) is 0 Å². The maximum absolute atomic E-state index is 13.4. The molecule has 0 saturated carbocycles. The summed E-state index contributed by atoms with van der Waals surface area (Å²) in [5.74, 6) is 0. The van der Waals surface area contributed by atoms with E-state index in [0.717, 1.165) is 11.1 Å². The molecule has 4 nitrogen and oxygen atoms in total. The molecule has 0 amide bonds. The summed E-state index contributed by atoms with van der Waals surface area (Å²) in [7, 11) is -3.55. The van der Waals surface area contributed by atoms with Crippen molar-refractivity contribution < 1.29 is 8.42 Å². The average Bonchev–Trinajstić information content (AvgIpc) is 2.92. The van der Waals surface area contributed by atoms with Gasteiger partial charge in [0.25, 0.3) is 0 Å². The Kier molecular flexibility index (Phi) is 5.41. The Morgan fingerprint density at radius 1 is 1.04 bits per heavy atom. The van der Waals surface area contributed by atoms with Gasteiger partial charge in [-0.3, -0.25) is 0 Å². The number of sulfone groups is 1. The fourth-order valence-corrected chi connectivity index (χ4v) is 5.69. The number of hydrogen-bond donors (Lipinski definition) is 0. The average molecular weight is 399 g/mol. The number of para-hydroxylation sites is 2. The topological polar surface area (TPSA) is 52.0 Å². The van der Waals surface area contributed by atoms with Crippen molar-refractivity contribution >= 4 is 20.9 Å². The van der Waals surface area contributed by atoms with Crippen molar-refractivity contribution in [3.63, 3.8) is 0 Å². The minimum Gasteiger partial charge on any atom is -0.310 e. The first-order valence-electron chi connectivity index (χ1n) is 9.74. The lowest BCUT2D eigenvalue weighted by Crippen LogP contribution is -2.26. The fourth-order valence-electron chi connectivity index (χ4n) is 3.92. The third-order valence-electron chi connectivity index (χ3n) is 4.93. The van der Waals surface area contributed by atoms with Crippen LogP contribution in [0.15, 0.2) is 47.6 Å². The summed E-state index contributed by atoms with van der Waals surface area (Å²) in [6.07, 6.45) is 0.585. The summed E-state index contributed by atoms with van der Waals surface area (Å²) < 4.78 is 28.7. The standard InChI is InChI=1S/C23H30N2O2S/c1-16-11-17(2)13-19(12-16)15-25-21-10-8-7-9-20(21)24-22(25)28(26,27)18(3)14-23(4,5)6/h7-13,18H,14-15H2,1-6H3. The fraction of sp³-hybridized carbons (Fsp3) is 0.435. The van der Waals surface area contributed by atoms with E-state index in [-0.39, 0.29) is 10.6 Å². The van der Waals surface area contributed by atoms with E-state index in [0.29, 0.717) is 18.5 Å². The zero-order valence-corrected chi connectivity index (χ0v) is 18.5. The number of aryl methyl sites for hydroxylation is 2. The van der Waals surface area contributed by atoms with E-state index in [9.17, 15) is 8.42 Å². The Morgan fingerprint density at radius 3 is 2.25 bits per heavy atom. The molecule has 3 rings (SSSR count). The molecule has 0 N–H and O–H groups in total. The molecule has 0 spiro atoms. The molecule has 2 aromatic carbocycles. The van der Waals surface area contributed by atoms with Crippen molar-refractivity contribution in [1.29, 1.82) is 0 Å². The summed E-state index contributed by atoms with van der Waals surface area (Å²) in [4.78, 5) is 4.55. The number of imidazole rings is 1. The molecule has 28 heavy (non-hydrogen) atoms. The van der Waals surface area contributed by atoms with E-state index in [2.05, 4.69) is 57.8 Å². The SMILES string of the molecule is Cc1cc(C)cc(Cn2c(S(=O)(=O)C(C)CC(C)(C)C)nc3ccccc32)c1. The second-order valence-electron chi connectivity index (χ2n) is 9.09. The van der Waals surface area contributed by atoms with Crippen LogP contribution in [0.1, 0.15) is 50.8 Å². The normalized spacial score (nSPS) is 13.8. The number of hydrogen-bond acceptors (Lipinski definition) is 3. The first-order valence-corrected chi connectivity index (χ1v) is 11.3. The van der Waals surface area contributed by atoms with Gasteiger partial charge in [0, 0.05) is 0 Å². The van der Waals surface area contributed by atoms with Gasteiger partial charge in [0.1, 0.15) is 0 Å². The highest BCUT2D eigenvalue weighted by molar-refractivity contribution is 7.91. The third-order valence-corrected chi connectivity index (χ3v) is 6.97. The highest BCUT2D eigenvalue weighted by Gasteiger charge is 2.32. The molecule has 0 bridgehead atoms. The molecule has 150 valence electrons. The smallest absolute Gasteiger partial charge is 0.229 e. The molecule has 0 aliphatic rings. The Hall–Kier alpha value is -2.14. The number of benzene rings is 2. The van der Waals surface area contributed by atoms with Gasteiger partial charge >= 0.3 is 0 Å². The highest BCUT2D eigenvalue weighted by Crippen LogP contribution is 2.30. The summed E-state index contributed by atoms with van der Waals surface area (Å²) in [6.45, 7) is 12.6. The minimum atomic E-state index is -3.55. The quantitative estimate of drug-likeness (QED) is 0.586. The van der Waals surface area contributed by atoms with Crippen molar-refractivity contribution in [1.82, 2.24) is 9.55 Å². The van der Waals surface area contributed by atoms with Crippen LogP contribution in [-0.4, -0.2) is 23.2 Å². The largest absolute Gasteiger partial charge is 0.310 e. The predicted octanol–water partition coefficient (Wildman–Crippen LogP) is 5.30. The van der Waals surface area contributed by atoms with Gasteiger partial charge in [0.15, 0.2) is 0 Å². The monoisotopic (exact) mass is 398 g/mol. The van der Waals surface area contributed by atoms with Gasteiger partial charge in [0.05, 0.1) is 22.8 Å². The summed E-state index contributed by atoms with van der Waals surface area (Å²) in [5, 5.41) is -0.327. The first kappa shape index (κ1) is 20.6. The first-order chi connectivity index (χ1) is 13.0. The van der Waals surface area contributed by atoms with Crippen molar-refractivity contribution in [2.45, 2.75) is 64.9 Å². The van der Waals surface area contributed by atoms with Gasteiger partial charge in [-0.25, -0.2) is 13.4 Å². The van der Waals surface area contributed by atoms with Crippen LogP contribution < -0.4 is 0 Å². The second kappa shape index (κ2) is 7.36. The van der Waals surface area contributed by atoms with Crippen LogP contribution in [-0.2, 0) is 16.4 Å². The van der Waals surface area contributed by atoms with Crippen LogP contribution in [0.4, 0.5) is 0 Å². The van der Waals surface area contributed by atoms with Crippen LogP contribution in [0.2, 0.25) is 0 Å². The van der Waals surface area contributed by atoms with Crippen LogP contribution in [0.3, 0.4) is 0 Å². The van der Waals surface area contributed by atoms with Gasteiger partial charge < -0.3 is 4.57 Å². The molecule has 0 saturated heterocycles. The Labute approximate surface area is 168 Å². The van der Waals surface area contributed by atoms with Crippen molar-refractivity contribution in [3.05, 3.63) is 59.2 Å². The molecule has 3 aromatic rings. The zero-order chi connectivity index (χ0) is 20.7. The molecule has 0 fully saturated rings. The molecule has 0 aliphatic heterocycles. The van der Waals surface area contributed by atoms with Gasteiger partial charge in [-0.2, -0.15) is 0 Å². The maximum atomic E-state index is 13.4. The molecular formula is C23H30N2O2S. The van der Waals surface area contributed by atoms with Gasteiger partial charge in [-0.05, 0) is 50.3 Å². The lowest BCUT2D eigenvalue weighted by Gasteiger charge is -2.23. The van der Waals surface area contributed by atoms with Crippen molar-refractivity contribution in [2.75, 3.05) is 0 Å². The number of rotatable bonds is 5. The molecule has 0 aliphatic carbocycles. The highest BCUT2D eigenvalue weighted by atomic mass is 32.2. The van der Waals surface area contributed by atoms with Crippen molar-refractivity contribution in [2.24, 2.45) is 5.41 Å². The van der Waals surface area contributed by atoms with E-state index >= 15 is 0 Å². The van der Waals surface area contributed by atoms with Gasteiger partial charge in [0.2, 0.25) is 15.0 Å². The van der Waals surface area contributed by atoms with E-state index in [1.807, 2.05) is 28.8 Å². The number of aromatic nitrogens is 2. The Balaban J connectivity index is 2.14. The Morgan fingerprint density at radius 2 is 1.64 bits per heavy atom. The zero-order valence-electron chi connectivity index (χ0n) is 17.7. The number of nitrogens with zero attached hydrogens (tertiary/aromatic N) is 2. The van der Waals surface area contributed by atoms with Crippen LogP contribution in [0.5, 0.6) is 0 Å². The maximum Gasteiger partial charge on any atom is 0.229 e. The van der Waals surface area contributed by atoms with Gasteiger partial charge in [-0.15, -0.1) is 0 Å². The van der Waals surface area contributed by atoms with Crippen LogP contribution >= 0.6 is 0 Å². The number of fused-ring (bicyclic) bond motifs is 1. The molecule has 1 atom stereocenters. The molecule has 1 aromatic heterocycles. The minimum absolute atomic E-state index is 0.0724. The van der Waals surface area contributed by atoms with Crippen LogP contribution in [0, 0.1) is 19.3 Å². The predicted molar refractivity (Wildman–Crippen MR) is 115 cm³/mol. The van der Waals surface area contributed by atoms with E-state index in [1.165, 1.54) is 11.1 Å². The summed E-state index contributed by atoms with van der Waals surface area (Å²) >= 11 is 0. The molecule has 1 unspecified atom stereocenters. The molecule has 5 heteroatoms. The second-order valence-corrected chi connectivity index (χ2v) is 11.3. The third kappa shape index (κ3) is 4.30. The summed E-state index contributed by atoms with van der Waals surface area (Å²) in [6, 6.07) is 14.0. The van der Waals surface area contributed by atoms with Crippen LogP contribution in [0.25, 0.3) is 11.0 Å². The molecule has 0 radical (unpaired) electrons. The van der Waals surface area contributed by atoms with E-state index < -0.39 is 15.1 Å².